The summed E-state index contributed by atoms with van der Waals surface area (Å²) in [6, 6.07) is 6.95. The van der Waals surface area contributed by atoms with Gasteiger partial charge in [-0.25, -0.2) is 4.79 Å². The summed E-state index contributed by atoms with van der Waals surface area (Å²) in [7, 11) is 0. The van der Waals surface area contributed by atoms with Crippen LogP contribution in [0.25, 0.3) is 11.0 Å². The van der Waals surface area contributed by atoms with E-state index in [1.165, 1.54) is 0 Å². The highest BCUT2D eigenvalue weighted by Gasteiger charge is 2.16. The molecule has 1 amide bonds. The van der Waals surface area contributed by atoms with E-state index in [0.29, 0.717) is 17.0 Å². The molecule has 0 unspecified atom stereocenters. The average Bonchev–Trinajstić information content (AvgIpc) is 2.68. The predicted octanol–water partition coefficient (Wildman–Crippen LogP) is 3.27. The number of ether oxygens (including phenoxy) is 1. The molecule has 0 spiro atoms. The van der Waals surface area contributed by atoms with E-state index in [-0.39, 0.29) is 6.61 Å². The van der Waals surface area contributed by atoms with Crippen LogP contribution >= 0.6 is 0 Å². The minimum absolute atomic E-state index is 0.149. The summed E-state index contributed by atoms with van der Waals surface area (Å²) < 4.78 is 10.5. The molecule has 19 heavy (non-hydrogen) atoms. The molecule has 2 N–H and O–H groups in total. The number of anilines is 1. The van der Waals surface area contributed by atoms with Gasteiger partial charge in [0.2, 0.25) is 0 Å². The maximum Gasteiger partial charge on any atom is 0.412 e. The Hall–Kier alpha value is -2.01. The molecule has 0 radical (unpaired) electrons. The summed E-state index contributed by atoms with van der Waals surface area (Å²) in [4.78, 5) is 11.6. The van der Waals surface area contributed by atoms with E-state index in [1.54, 1.807) is 45.0 Å². The number of aliphatic hydroxyl groups excluding tert-OH is 1. The molecule has 1 aromatic carbocycles. The number of rotatable bonds is 2. The zero-order valence-electron chi connectivity index (χ0n) is 11.2. The first-order valence-electron chi connectivity index (χ1n) is 6.01. The van der Waals surface area contributed by atoms with Gasteiger partial charge in [-0.2, -0.15) is 0 Å². The van der Waals surface area contributed by atoms with Crippen molar-refractivity contribution in [1.29, 1.82) is 0 Å². The van der Waals surface area contributed by atoms with Crippen molar-refractivity contribution in [1.82, 2.24) is 0 Å². The molecule has 2 aromatic rings. The number of carbonyl (C=O) groups excluding carboxylic acids is 1. The topological polar surface area (TPSA) is 71.7 Å². The number of carbonyl (C=O) groups is 1. The monoisotopic (exact) mass is 263 g/mol. The number of fused-ring (bicyclic) bond motifs is 1. The fraction of sp³-hybridized carbons (Fsp3) is 0.357. The predicted molar refractivity (Wildman–Crippen MR) is 72.0 cm³/mol. The lowest BCUT2D eigenvalue weighted by Crippen LogP contribution is -2.27. The molecule has 2 rings (SSSR count). The molecular formula is C14H17NO4. The number of amides is 1. The lowest BCUT2D eigenvalue weighted by atomic mass is 10.2. The van der Waals surface area contributed by atoms with Crippen molar-refractivity contribution < 1.29 is 19.1 Å². The van der Waals surface area contributed by atoms with Crippen molar-refractivity contribution in [2.75, 3.05) is 5.32 Å². The smallest absolute Gasteiger partial charge is 0.412 e. The number of aliphatic hydroxyl groups is 1. The Morgan fingerprint density at radius 1 is 1.37 bits per heavy atom. The fourth-order valence-corrected chi connectivity index (χ4v) is 1.68. The van der Waals surface area contributed by atoms with Gasteiger partial charge in [0.1, 0.15) is 23.6 Å². The Balaban J connectivity index is 2.15. The average molecular weight is 263 g/mol. The molecule has 5 nitrogen and oxygen atoms in total. The minimum Gasteiger partial charge on any atom is -0.459 e. The van der Waals surface area contributed by atoms with Crippen molar-refractivity contribution >= 4 is 22.7 Å². The molecule has 0 aliphatic rings. The molecule has 1 heterocycles. The Morgan fingerprint density at radius 3 is 2.74 bits per heavy atom. The van der Waals surface area contributed by atoms with Crippen LogP contribution in [0.3, 0.4) is 0 Å². The largest absolute Gasteiger partial charge is 0.459 e. The summed E-state index contributed by atoms with van der Waals surface area (Å²) in [6.45, 7) is 5.27. The molecule has 0 saturated carbocycles. The number of benzene rings is 1. The zero-order valence-corrected chi connectivity index (χ0v) is 11.2. The number of furan rings is 1. The summed E-state index contributed by atoms with van der Waals surface area (Å²) in [5, 5.41) is 12.5. The number of hydrogen-bond acceptors (Lipinski definition) is 4. The Labute approximate surface area is 111 Å². The van der Waals surface area contributed by atoms with Crippen molar-refractivity contribution in [3.05, 3.63) is 30.0 Å². The Kier molecular flexibility index (Phi) is 3.48. The third-order valence-electron chi connectivity index (χ3n) is 2.37. The summed E-state index contributed by atoms with van der Waals surface area (Å²) in [6.07, 6.45) is -0.502. The molecule has 1 aromatic heterocycles. The van der Waals surface area contributed by atoms with Crippen LogP contribution in [0.1, 0.15) is 26.5 Å². The summed E-state index contributed by atoms with van der Waals surface area (Å²) in [5.74, 6) is 0.490. The van der Waals surface area contributed by atoms with Crippen LogP contribution in [0, 0.1) is 0 Å². The third kappa shape index (κ3) is 3.48. The normalized spacial score (nSPS) is 11.6. The van der Waals surface area contributed by atoms with Crippen LogP contribution in [-0.2, 0) is 11.3 Å². The molecule has 102 valence electrons. The van der Waals surface area contributed by atoms with Gasteiger partial charge < -0.3 is 14.3 Å². The van der Waals surface area contributed by atoms with E-state index in [9.17, 15) is 4.79 Å². The summed E-state index contributed by atoms with van der Waals surface area (Å²) >= 11 is 0. The first-order chi connectivity index (χ1) is 8.87. The maximum atomic E-state index is 11.6. The molecular weight excluding hydrogens is 246 g/mol. The van der Waals surface area contributed by atoms with Crippen LogP contribution < -0.4 is 5.32 Å². The van der Waals surface area contributed by atoms with Crippen molar-refractivity contribution in [2.24, 2.45) is 0 Å². The highest BCUT2D eigenvalue weighted by atomic mass is 16.6. The van der Waals surface area contributed by atoms with Crippen LogP contribution in [0.4, 0.5) is 10.5 Å². The lowest BCUT2D eigenvalue weighted by Gasteiger charge is -2.19. The van der Waals surface area contributed by atoms with E-state index in [1.807, 2.05) is 0 Å². The second-order valence-electron chi connectivity index (χ2n) is 5.25. The zero-order chi connectivity index (χ0) is 14.0. The Bertz CT molecular complexity index is 595. The minimum atomic E-state index is -0.534. The fourth-order valence-electron chi connectivity index (χ4n) is 1.68. The highest BCUT2D eigenvalue weighted by Crippen LogP contribution is 2.23. The van der Waals surface area contributed by atoms with Crippen molar-refractivity contribution in [2.45, 2.75) is 33.0 Å². The molecule has 5 heteroatoms. The number of hydrogen-bond donors (Lipinski definition) is 2. The molecule has 0 atom stereocenters. The van der Waals surface area contributed by atoms with Crippen molar-refractivity contribution in [3.8, 4) is 0 Å². The first kappa shape index (κ1) is 13.4. The number of nitrogens with one attached hydrogen (secondary N) is 1. The van der Waals surface area contributed by atoms with Gasteiger partial charge in [0.25, 0.3) is 0 Å². The molecule has 0 aliphatic carbocycles. The molecule has 0 aliphatic heterocycles. The quantitative estimate of drug-likeness (QED) is 0.872. The van der Waals surface area contributed by atoms with Gasteiger partial charge in [-0.3, -0.25) is 5.32 Å². The van der Waals surface area contributed by atoms with E-state index < -0.39 is 11.7 Å². The van der Waals surface area contributed by atoms with Gasteiger partial charge in [0.15, 0.2) is 0 Å². The van der Waals surface area contributed by atoms with Gasteiger partial charge >= 0.3 is 6.09 Å². The van der Waals surface area contributed by atoms with Crippen LogP contribution in [0.5, 0.6) is 0 Å². The second-order valence-corrected chi connectivity index (χ2v) is 5.25. The van der Waals surface area contributed by atoms with Gasteiger partial charge in [0, 0.05) is 11.1 Å². The lowest BCUT2D eigenvalue weighted by molar-refractivity contribution is 0.0636. The van der Waals surface area contributed by atoms with E-state index >= 15 is 0 Å². The maximum absolute atomic E-state index is 11.6. The highest BCUT2D eigenvalue weighted by molar-refractivity contribution is 5.89. The van der Waals surface area contributed by atoms with Gasteiger partial charge in [0.05, 0.1) is 0 Å². The van der Waals surface area contributed by atoms with Gasteiger partial charge in [-0.15, -0.1) is 0 Å². The molecule has 0 bridgehead atoms. The second kappa shape index (κ2) is 4.93. The molecule has 0 saturated heterocycles. The van der Waals surface area contributed by atoms with Crippen LogP contribution in [0.15, 0.2) is 28.7 Å². The van der Waals surface area contributed by atoms with Crippen molar-refractivity contribution in [3.63, 3.8) is 0 Å². The van der Waals surface area contributed by atoms with E-state index in [4.69, 9.17) is 14.3 Å². The van der Waals surface area contributed by atoms with Crippen LogP contribution in [-0.4, -0.2) is 16.8 Å². The first-order valence-corrected chi connectivity index (χ1v) is 6.01. The summed E-state index contributed by atoms with van der Waals surface area (Å²) in [5.41, 5.74) is 0.749. The standard InChI is InChI=1S/C14H17NO4/c1-14(2,3)19-13(17)15-10-4-5-12-9(6-10)7-11(8-16)18-12/h4-7,16H,8H2,1-3H3,(H,15,17). The van der Waals surface area contributed by atoms with E-state index in [0.717, 1.165) is 5.39 Å². The Morgan fingerprint density at radius 2 is 2.11 bits per heavy atom. The van der Waals surface area contributed by atoms with Crippen LogP contribution in [0.2, 0.25) is 0 Å². The van der Waals surface area contributed by atoms with Gasteiger partial charge in [-0.05, 0) is 45.0 Å². The third-order valence-corrected chi connectivity index (χ3v) is 2.37. The SMILES string of the molecule is CC(C)(C)OC(=O)Nc1ccc2oc(CO)cc2c1. The van der Waals surface area contributed by atoms with Gasteiger partial charge in [-0.1, -0.05) is 0 Å². The van der Waals surface area contributed by atoms with E-state index in [2.05, 4.69) is 5.32 Å². The molecule has 0 fully saturated rings.